The molecule has 2 atom stereocenters. The lowest BCUT2D eigenvalue weighted by molar-refractivity contribution is -0.110. The van der Waals surface area contributed by atoms with Crippen molar-refractivity contribution in [3.63, 3.8) is 0 Å². The molecular weight excluding hydrogens is 268 g/mol. The van der Waals surface area contributed by atoms with E-state index in [9.17, 15) is 9.59 Å². The monoisotopic (exact) mass is 282 g/mol. The number of thioether (sulfide) groups is 1. The normalized spacial score (nSPS) is 21.4. The molecule has 2 aromatic carbocycles. The maximum Gasteiger partial charge on any atom is 0.175 e. The smallest absolute Gasteiger partial charge is 0.175 e. The number of carbonyl (C=O) groups is 2. The molecular formula is C17H14O2S. The van der Waals surface area contributed by atoms with Gasteiger partial charge in [0.2, 0.25) is 0 Å². The Kier molecular flexibility index (Phi) is 3.45. The maximum absolute atomic E-state index is 12.5. The molecule has 1 aliphatic heterocycles. The second kappa shape index (κ2) is 5.25. The summed E-state index contributed by atoms with van der Waals surface area (Å²) in [5.74, 6) is -0.664. The summed E-state index contributed by atoms with van der Waals surface area (Å²) < 4.78 is 0. The third-order valence-corrected chi connectivity index (χ3v) is 4.99. The predicted molar refractivity (Wildman–Crippen MR) is 80.1 cm³/mol. The van der Waals surface area contributed by atoms with Crippen LogP contribution in [0.25, 0.3) is 0 Å². The predicted octanol–water partition coefficient (Wildman–Crippen LogP) is 3.84. The van der Waals surface area contributed by atoms with Gasteiger partial charge in [0.05, 0.1) is 11.2 Å². The van der Waals surface area contributed by atoms with Crippen molar-refractivity contribution in [1.82, 2.24) is 0 Å². The second-order valence-electron chi connectivity index (χ2n) is 4.97. The van der Waals surface area contributed by atoms with E-state index in [0.29, 0.717) is 5.56 Å². The van der Waals surface area contributed by atoms with Crippen LogP contribution in [0.5, 0.6) is 0 Å². The zero-order chi connectivity index (χ0) is 14.1. The van der Waals surface area contributed by atoms with Crippen molar-refractivity contribution in [2.45, 2.75) is 17.1 Å². The average Bonchev–Trinajstić information content (AvgIpc) is 2.48. The van der Waals surface area contributed by atoms with Crippen LogP contribution in [0.1, 0.15) is 26.7 Å². The molecule has 0 N–H and O–H groups in total. The molecule has 0 aliphatic carbocycles. The highest BCUT2D eigenvalue weighted by Gasteiger charge is 2.36. The van der Waals surface area contributed by atoms with E-state index in [4.69, 9.17) is 0 Å². The highest BCUT2D eigenvalue weighted by Crippen LogP contribution is 2.47. The quantitative estimate of drug-likeness (QED) is 0.620. The first-order chi connectivity index (χ1) is 9.70. The van der Waals surface area contributed by atoms with Crippen LogP contribution in [0.15, 0.2) is 53.4 Å². The van der Waals surface area contributed by atoms with Crippen LogP contribution in [0.4, 0.5) is 0 Å². The number of ketones is 1. The van der Waals surface area contributed by atoms with Gasteiger partial charge < -0.3 is 4.79 Å². The molecule has 0 saturated carbocycles. The molecule has 0 fully saturated rings. The number of hydrogen-bond acceptors (Lipinski definition) is 3. The van der Waals surface area contributed by atoms with Crippen LogP contribution in [0.3, 0.4) is 0 Å². The molecule has 20 heavy (non-hydrogen) atoms. The van der Waals surface area contributed by atoms with E-state index in [-0.39, 0.29) is 11.0 Å². The fraction of sp³-hybridized carbons (Fsp3) is 0.176. The van der Waals surface area contributed by atoms with Gasteiger partial charge in [0.1, 0.15) is 6.29 Å². The lowest BCUT2D eigenvalue weighted by Gasteiger charge is -2.28. The number of aryl methyl sites for hydroxylation is 1. The summed E-state index contributed by atoms with van der Waals surface area (Å²) in [4.78, 5) is 24.9. The number of aldehydes is 1. The van der Waals surface area contributed by atoms with E-state index in [2.05, 4.69) is 0 Å². The summed E-state index contributed by atoms with van der Waals surface area (Å²) in [6.07, 6.45) is 0.790. The van der Waals surface area contributed by atoms with Crippen LogP contribution in [-0.2, 0) is 4.79 Å². The molecule has 3 heteroatoms. The van der Waals surface area contributed by atoms with Gasteiger partial charge in [0, 0.05) is 10.5 Å². The Morgan fingerprint density at radius 1 is 1.10 bits per heavy atom. The Labute approximate surface area is 122 Å². The number of fused-ring (bicyclic) bond motifs is 1. The Hall–Kier alpha value is -1.87. The summed E-state index contributed by atoms with van der Waals surface area (Å²) in [7, 11) is 0. The van der Waals surface area contributed by atoms with Crippen molar-refractivity contribution in [3.05, 3.63) is 65.2 Å². The van der Waals surface area contributed by atoms with E-state index in [0.717, 1.165) is 22.3 Å². The lowest BCUT2D eigenvalue weighted by Crippen LogP contribution is -2.26. The first kappa shape index (κ1) is 13.1. The Bertz CT molecular complexity index is 664. The molecule has 2 unspecified atom stereocenters. The molecule has 2 aromatic rings. The topological polar surface area (TPSA) is 34.1 Å². The van der Waals surface area contributed by atoms with Gasteiger partial charge >= 0.3 is 0 Å². The number of benzene rings is 2. The largest absolute Gasteiger partial charge is 0.303 e. The van der Waals surface area contributed by atoms with Crippen LogP contribution in [-0.4, -0.2) is 12.1 Å². The van der Waals surface area contributed by atoms with Crippen molar-refractivity contribution in [2.75, 3.05) is 0 Å². The van der Waals surface area contributed by atoms with Gasteiger partial charge in [-0.15, -0.1) is 11.8 Å². The summed E-state index contributed by atoms with van der Waals surface area (Å²) in [5.41, 5.74) is 2.74. The van der Waals surface area contributed by atoms with Gasteiger partial charge in [-0.25, -0.2) is 0 Å². The highest BCUT2D eigenvalue weighted by atomic mass is 32.2. The minimum atomic E-state index is -0.600. The first-order valence-corrected chi connectivity index (χ1v) is 7.40. The molecule has 0 saturated heterocycles. The summed E-state index contributed by atoms with van der Waals surface area (Å²) in [6, 6.07) is 15.6. The maximum atomic E-state index is 12.5. The second-order valence-corrected chi connectivity index (χ2v) is 6.16. The summed E-state index contributed by atoms with van der Waals surface area (Å²) in [6.45, 7) is 1.96. The van der Waals surface area contributed by atoms with E-state index in [1.165, 1.54) is 0 Å². The number of rotatable bonds is 2. The Balaban J connectivity index is 2.08. The van der Waals surface area contributed by atoms with Crippen molar-refractivity contribution in [1.29, 1.82) is 0 Å². The molecule has 1 heterocycles. The number of Topliss-reactive ketones (excluding diaryl/α,β-unsaturated/α-hetero) is 1. The minimum Gasteiger partial charge on any atom is -0.303 e. The third kappa shape index (κ3) is 2.18. The zero-order valence-corrected chi connectivity index (χ0v) is 11.9. The van der Waals surface area contributed by atoms with Crippen LogP contribution in [0.2, 0.25) is 0 Å². The molecule has 0 amide bonds. The van der Waals surface area contributed by atoms with E-state index in [1.54, 1.807) is 11.8 Å². The van der Waals surface area contributed by atoms with Crippen molar-refractivity contribution in [2.24, 2.45) is 5.92 Å². The Morgan fingerprint density at radius 2 is 1.85 bits per heavy atom. The summed E-state index contributed by atoms with van der Waals surface area (Å²) in [5, 5.41) is -0.128. The molecule has 1 aliphatic rings. The first-order valence-electron chi connectivity index (χ1n) is 6.52. The molecule has 0 spiro atoms. The fourth-order valence-corrected chi connectivity index (χ4v) is 3.85. The van der Waals surface area contributed by atoms with Gasteiger partial charge in [-0.2, -0.15) is 0 Å². The van der Waals surface area contributed by atoms with Crippen LogP contribution < -0.4 is 0 Å². The molecule has 3 rings (SSSR count). The van der Waals surface area contributed by atoms with E-state index in [1.807, 2.05) is 55.5 Å². The standard InChI is InChI=1S/C17H14O2S/c1-11-7-8-15-13(9-11)16(19)14(10-18)17(20-15)12-5-3-2-4-6-12/h2-10,14,17H,1H3. The number of carbonyl (C=O) groups excluding carboxylic acids is 2. The Morgan fingerprint density at radius 3 is 2.55 bits per heavy atom. The van der Waals surface area contributed by atoms with Crippen molar-refractivity contribution < 1.29 is 9.59 Å². The minimum absolute atomic E-state index is 0.0636. The molecule has 0 radical (unpaired) electrons. The van der Waals surface area contributed by atoms with Crippen LogP contribution >= 0.6 is 11.8 Å². The third-order valence-electron chi connectivity index (χ3n) is 3.56. The van der Waals surface area contributed by atoms with Crippen LogP contribution in [0, 0.1) is 12.8 Å². The zero-order valence-electron chi connectivity index (χ0n) is 11.1. The lowest BCUT2D eigenvalue weighted by atomic mass is 9.90. The average molecular weight is 282 g/mol. The molecule has 100 valence electrons. The summed E-state index contributed by atoms with van der Waals surface area (Å²) >= 11 is 1.60. The molecule has 0 bridgehead atoms. The molecule has 2 nitrogen and oxygen atoms in total. The highest BCUT2D eigenvalue weighted by molar-refractivity contribution is 7.99. The van der Waals surface area contributed by atoms with Gasteiger partial charge in [-0.3, -0.25) is 4.79 Å². The fourth-order valence-electron chi connectivity index (χ4n) is 2.52. The van der Waals surface area contributed by atoms with Crippen molar-refractivity contribution in [3.8, 4) is 0 Å². The SMILES string of the molecule is Cc1ccc2c(c1)C(=O)C(C=O)C(c1ccccc1)S2. The van der Waals surface area contributed by atoms with Gasteiger partial charge in [0.15, 0.2) is 5.78 Å². The van der Waals surface area contributed by atoms with Gasteiger partial charge in [-0.1, -0.05) is 42.0 Å². The van der Waals surface area contributed by atoms with Gasteiger partial charge in [-0.05, 0) is 24.6 Å². The van der Waals surface area contributed by atoms with Crippen molar-refractivity contribution >= 4 is 23.8 Å². The van der Waals surface area contributed by atoms with E-state index < -0.39 is 5.92 Å². The van der Waals surface area contributed by atoms with Gasteiger partial charge in [0.25, 0.3) is 0 Å². The number of hydrogen-bond donors (Lipinski definition) is 0. The molecule has 0 aromatic heterocycles. The van der Waals surface area contributed by atoms with E-state index >= 15 is 0 Å².